The van der Waals surface area contributed by atoms with Gasteiger partial charge in [-0.2, -0.15) is 0 Å². The zero-order chi connectivity index (χ0) is 17.6. The summed E-state index contributed by atoms with van der Waals surface area (Å²) in [5.41, 5.74) is 3.68. The fourth-order valence-electron chi connectivity index (χ4n) is 2.79. The Balaban J connectivity index is 1.75. The van der Waals surface area contributed by atoms with Crippen LogP contribution in [-0.2, 0) is 4.74 Å². The topological polar surface area (TPSA) is 74.3 Å². The molecule has 0 fully saturated rings. The van der Waals surface area contributed by atoms with Gasteiger partial charge in [0, 0.05) is 35.8 Å². The molecule has 1 heterocycles. The van der Waals surface area contributed by atoms with E-state index in [0.29, 0.717) is 12.2 Å². The summed E-state index contributed by atoms with van der Waals surface area (Å²) in [4.78, 5) is 15.5. The second kappa shape index (κ2) is 7.96. The Hall–Kier alpha value is -2.63. The minimum Gasteiger partial charge on any atom is -0.389 e. The Labute approximate surface area is 146 Å². The van der Waals surface area contributed by atoms with Crippen molar-refractivity contribution >= 4 is 16.8 Å². The van der Waals surface area contributed by atoms with E-state index >= 15 is 0 Å². The van der Waals surface area contributed by atoms with Gasteiger partial charge in [0.1, 0.15) is 0 Å². The molecule has 3 rings (SSSR count). The molecule has 25 heavy (non-hydrogen) atoms. The van der Waals surface area contributed by atoms with Crippen molar-refractivity contribution < 1.29 is 14.6 Å². The molecule has 1 amide bonds. The van der Waals surface area contributed by atoms with Crippen molar-refractivity contribution in [3.05, 3.63) is 60.3 Å². The molecular formula is C20H22N2O3. The first-order chi connectivity index (χ1) is 12.2. The van der Waals surface area contributed by atoms with Crippen LogP contribution < -0.4 is 5.32 Å². The number of benzene rings is 2. The lowest BCUT2D eigenvalue weighted by Gasteiger charge is -2.12. The summed E-state index contributed by atoms with van der Waals surface area (Å²) in [6.07, 6.45) is 1.20. The summed E-state index contributed by atoms with van der Waals surface area (Å²) in [6.45, 7) is 2.78. The first-order valence-corrected chi connectivity index (χ1v) is 8.39. The molecule has 130 valence electrons. The number of fused-ring (bicyclic) bond motifs is 1. The minimum absolute atomic E-state index is 0.163. The molecule has 0 spiro atoms. The number of hydrogen-bond donors (Lipinski definition) is 3. The molecule has 5 nitrogen and oxygen atoms in total. The lowest BCUT2D eigenvalue weighted by atomic mass is 9.99. The van der Waals surface area contributed by atoms with Crippen molar-refractivity contribution in [2.75, 3.05) is 19.8 Å². The van der Waals surface area contributed by atoms with Gasteiger partial charge in [0.25, 0.3) is 5.91 Å². The Bertz CT molecular complexity index is 857. The Morgan fingerprint density at radius 3 is 2.92 bits per heavy atom. The van der Waals surface area contributed by atoms with Gasteiger partial charge in [0.05, 0.1) is 12.7 Å². The summed E-state index contributed by atoms with van der Waals surface area (Å²) in [6, 6.07) is 15.6. The quantitative estimate of drug-likeness (QED) is 0.620. The average Bonchev–Trinajstić information content (AvgIpc) is 3.13. The van der Waals surface area contributed by atoms with Crippen molar-refractivity contribution in [1.82, 2.24) is 10.3 Å². The number of H-pyrrole nitrogens is 1. The fraction of sp³-hybridized carbons (Fsp3) is 0.250. The minimum atomic E-state index is -0.708. The highest BCUT2D eigenvalue weighted by molar-refractivity contribution is 5.99. The SMILES string of the molecule is CCOC[C@H](O)CNC(=O)c1cccc(-c2cccc3[nH]ccc23)c1. The molecule has 5 heteroatoms. The van der Waals surface area contributed by atoms with Crippen LogP contribution in [0.4, 0.5) is 0 Å². The lowest BCUT2D eigenvalue weighted by molar-refractivity contribution is 0.0418. The third-order valence-corrected chi connectivity index (χ3v) is 4.04. The van der Waals surface area contributed by atoms with Gasteiger partial charge in [0.15, 0.2) is 0 Å². The van der Waals surface area contributed by atoms with Crippen molar-refractivity contribution in [3.63, 3.8) is 0 Å². The molecule has 0 radical (unpaired) electrons. The molecule has 1 aromatic heterocycles. The normalized spacial score (nSPS) is 12.2. The van der Waals surface area contributed by atoms with Crippen molar-refractivity contribution in [1.29, 1.82) is 0 Å². The van der Waals surface area contributed by atoms with Crippen molar-refractivity contribution in [2.45, 2.75) is 13.0 Å². The molecule has 3 N–H and O–H groups in total. The van der Waals surface area contributed by atoms with E-state index in [-0.39, 0.29) is 19.1 Å². The molecule has 0 aliphatic rings. The van der Waals surface area contributed by atoms with Crippen LogP contribution in [0.15, 0.2) is 54.7 Å². The number of ether oxygens (including phenoxy) is 1. The summed E-state index contributed by atoms with van der Waals surface area (Å²) >= 11 is 0. The van der Waals surface area contributed by atoms with E-state index in [1.807, 2.05) is 55.6 Å². The Kier molecular flexibility index (Phi) is 5.48. The van der Waals surface area contributed by atoms with Gasteiger partial charge in [-0.15, -0.1) is 0 Å². The standard InChI is InChI=1S/C20H22N2O3/c1-2-25-13-16(23)12-22-20(24)15-6-3-5-14(11-15)17-7-4-8-19-18(17)9-10-21-19/h3-11,16,21,23H,2,12-13H2,1H3,(H,22,24)/t16-/m1/s1. The second-order valence-corrected chi connectivity index (χ2v) is 5.85. The second-order valence-electron chi connectivity index (χ2n) is 5.85. The summed E-state index contributed by atoms with van der Waals surface area (Å²) in [5, 5.41) is 13.6. The van der Waals surface area contributed by atoms with E-state index in [1.54, 1.807) is 6.07 Å². The number of carbonyl (C=O) groups is 1. The van der Waals surface area contributed by atoms with Gasteiger partial charge in [-0.25, -0.2) is 0 Å². The zero-order valence-electron chi connectivity index (χ0n) is 14.2. The molecule has 0 aliphatic carbocycles. The Morgan fingerprint density at radius 1 is 1.24 bits per heavy atom. The fourth-order valence-corrected chi connectivity index (χ4v) is 2.79. The molecule has 0 unspecified atom stereocenters. The lowest BCUT2D eigenvalue weighted by Crippen LogP contribution is -2.34. The number of aromatic amines is 1. The van der Waals surface area contributed by atoms with E-state index < -0.39 is 6.10 Å². The first-order valence-electron chi connectivity index (χ1n) is 8.39. The van der Waals surface area contributed by atoms with E-state index in [0.717, 1.165) is 22.0 Å². The number of aromatic nitrogens is 1. The molecule has 0 bridgehead atoms. The third kappa shape index (κ3) is 4.07. The Morgan fingerprint density at radius 2 is 2.08 bits per heavy atom. The van der Waals surface area contributed by atoms with E-state index in [1.165, 1.54) is 0 Å². The number of aliphatic hydroxyl groups is 1. The molecule has 0 saturated carbocycles. The van der Waals surface area contributed by atoms with Crippen molar-refractivity contribution in [2.24, 2.45) is 0 Å². The zero-order valence-corrected chi connectivity index (χ0v) is 14.2. The van der Waals surface area contributed by atoms with Gasteiger partial charge < -0.3 is 20.1 Å². The maximum absolute atomic E-state index is 12.4. The number of aliphatic hydroxyl groups excluding tert-OH is 1. The number of hydrogen-bond acceptors (Lipinski definition) is 3. The van der Waals surface area contributed by atoms with Crippen LogP contribution in [-0.4, -0.2) is 41.9 Å². The monoisotopic (exact) mass is 338 g/mol. The molecule has 3 aromatic rings. The number of rotatable bonds is 7. The van der Waals surface area contributed by atoms with Gasteiger partial charge >= 0.3 is 0 Å². The number of nitrogens with one attached hydrogen (secondary N) is 2. The molecule has 1 atom stereocenters. The van der Waals surface area contributed by atoms with E-state index in [2.05, 4.69) is 10.3 Å². The van der Waals surface area contributed by atoms with Crippen LogP contribution in [0.3, 0.4) is 0 Å². The van der Waals surface area contributed by atoms with Crippen LogP contribution in [0.2, 0.25) is 0 Å². The van der Waals surface area contributed by atoms with Crippen LogP contribution >= 0.6 is 0 Å². The smallest absolute Gasteiger partial charge is 0.251 e. The number of carbonyl (C=O) groups excluding carboxylic acids is 1. The van der Waals surface area contributed by atoms with E-state index in [4.69, 9.17) is 4.74 Å². The van der Waals surface area contributed by atoms with Gasteiger partial charge in [-0.3, -0.25) is 4.79 Å². The molecular weight excluding hydrogens is 316 g/mol. The van der Waals surface area contributed by atoms with Gasteiger partial charge in [-0.05, 0) is 42.3 Å². The highest BCUT2D eigenvalue weighted by atomic mass is 16.5. The van der Waals surface area contributed by atoms with Crippen LogP contribution in [0.5, 0.6) is 0 Å². The van der Waals surface area contributed by atoms with Crippen LogP contribution in [0.25, 0.3) is 22.0 Å². The highest BCUT2D eigenvalue weighted by Gasteiger charge is 2.11. The van der Waals surface area contributed by atoms with Crippen LogP contribution in [0, 0.1) is 0 Å². The predicted molar refractivity (Wildman–Crippen MR) is 98.6 cm³/mol. The average molecular weight is 338 g/mol. The van der Waals surface area contributed by atoms with Gasteiger partial charge in [0.2, 0.25) is 0 Å². The summed E-state index contributed by atoms with van der Waals surface area (Å²) < 4.78 is 5.14. The number of amides is 1. The third-order valence-electron chi connectivity index (χ3n) is 4.04. The molecule has 0 aliphatic heterocycles. The van der Waals surface area contributed by atoms with Crippen LogP contribution in [0.1, 0.15) is 17.3 Å². The largest absolute Gasteiger partial charge is 0.389 e. The summed E-state index contributed by atoms with van der Waals surface area (Å²) in [5.74, 6) is -0.210. The molecule has 0 saturated heterocycles. The predicted octanol–water partition coefficient (Wildman–Crippen LogP) is 2.96. The highest BCUT2D eigenvalue weighted by Crippen LogP contribution is 2.28. The molecule has 2 aromatic carbocycles. The maximum Gasteiger partial charge on any atom is 0.251 e. The first kappa shape index (κ1) is 17.2. The maximum atomic E-state index is 12.4. The summed E-state index contributed by atoms with van der Waals surface area (Å²) in [7, 11) is 0. The van der Waals surface area contributed by atoms with Crippen molar-refractivity contribution in [3.8, 4) is 11.1 Å². The van der Waals surface area contributed by atoms with Gasteiger partial charge in [-0.1, -0.05) is 24.3 Å². The van der Waals surface area contributed by atoms with E-state index in [9.17, 15) is 9.90 Å².